The number of hydrogen-bond acceptors (Lipinski definition) is 6. The van der Waals surface area contributed by atoms with E-state index in [-0.39, 0.29) is 0 Å². The van der Waals surface area contributed by atoms with Gasteiger partial charge in [-0.05, 0) is 42.1 Å². The molecule has 7 nitrogen and oxygen atoms in total. The normalized spacial score (nSPS) is 19.6. The number of aromatic nitrogens is 2. The van der Waals surface area contributed by atoms with Crippen molar-refractivity contribution in [3.8, 4) is 0 Å². The molecule has 1 saturated heterocycles. The fourth-order valence-electron chi connectivity index (χ4n) is 3.04. The van der Waals surface area contributed by atoms with Gasteiger partial charge in [0.1, 0.15) is 5.92 Å². The highest BCUT2D eigenvalue weighted by Crippen LogP contribution is 2.34. The van der Waals surface area contributed by atoms with Crippen molar-refractivity contribution in [2.75, 3.05) is 13.6 Å². The Labute approximate surface area is 169 Å². The largest absolute Gasteiger partial charge is 0.355 e. The summed E-state index contributed by atoms with van der Waals surface area (Å²) < 4.78 is 3.76. The molecule has 3 rings (SSSR count). The zero-order valence-corrected chi connectivity index (χ0v) is 16.6. The highest BCUT2D eigenvalue weighted by Gasteiger charge is 2.51. The number of carbonyl (C=O) groups is 3. The third kappa shape index (κ3) is 4.12. The van der Waals surface area contributed by atoms with Crippen molar-refractivity contribution in [1.82, 2.24) is 19.8 Å². The Bertz CT molecular complexity index is 875. The van der Waals surface area contributed by atoms with E-state index in [1.54, 1.807) is 17.5 Å². The minimum Gasteiger partial charge on any atom is -0.355 e. The van der Waals surface area contributed by atoms with Gasteiger partial charge in [0, 0.05) is 19.0 Å². The van der Waals surface area contributed by atoms with Crippen LogP contribution in [0.1, 0.15) is 23.7 Å². The van der Waals surface area contributed by atoms with Gasteiger partial charge >= 0.3 is 0 Å². The molecule has 142 valence electrons. The van der Waals surface area contributed by atoms with Gasteiger partial charge in [-0.2, -0.15) is 0 Å². The quantitative estimate of drug-likeness (QED) is 0.434. The van der Waals surface area contributed by atoms with E-state index in [1.165, 1.54) is 11.9 Å². The van der Waals surface area contributed by atoms with Crippen LogP contribution in [0, 0.1) is 5.92 Å². The smallest absolute Gasteiger partial charge is 0.291 e. The van der Waals surface area contributed by atoms with Crippen molar-refractivity contribution < 1.29 is 14.4 Å². The summed E-state index contributed by atoms with van der Waals surface area (Å²) in [5.74, 6) is -3.01. The topological polar surface area (TPSA) is 92.3 Å². The molecule has 1 aromatic heterocycles. The maximum Gasteiger partial charge on any atom is 0.291 e. The van der Waals surface area contributed by atoms with Crippen LogP contribution in [-0.2, 0) is 20.8 Å². The zero-order chi connectivity index (χ0) is 19.6. The number of aryl methyl sites for hydroxylation is 1. The zero-order valence-electron chi connectivity index (χ0n) is 14.3. The SMILES string of the molecule is CN1C(=O)C(=O)C(C(=O)NCCCc2ccc(Cl)c(Cl)c2)C1c1csnn1. The third-order valence-corrected chi connectivity index (χ3v) is 5.70. The Morgan fingerprint density at radius 3 is 2.74 bits per heavy atom. The minimum atomic E-state index is -1.11. The number of likely N-dealkylation sites (N-methyl/N-ethyl adjacent to an activating group) is 1. The lowest BCUT2D eigenvalue weighted by molar-refractivity contribution is -0.142. The molecule has 1 aliphatic heterocycles. The number of Topliss-reactive ketones (excluding diaryl/α,β-unsaturated/α-hetero) is 1. The van der Waals surface area contributed by atoms with Gasteiger partial charge in [-0.3, -0.25) is 14.4 Å². The lowest BCUT2D eigenvalue weighted by atomic mass is 9.96. The number of halogens is 2. The number of amides is 2. The molecule has 2 amide bonds. The predicted molar refractivity (Wildman–Crippen MR) is 102 cm³/mol. The Hall–Kier alpha value is -2.03. The number of ketones is 1. The lowest BCUT2D eigenvalue weighted by Crippen LogP contribution is -2.37. The van der Waals surface area contributed by atoms with Crippen molar-refractivity contribution >= 4 is 52.3 Å². The van der Waals surface area contributed by atoms with E-state index in [2.05, 4.69) is 14.9 Å². The van der Waals surface area contributed by atoms with E-state index in [0.717, 1.165) is 17.1 Å². The first-order valence-corrected chi connectivity index (χ1v) is 9.79. The van der Waals surface area contributed by atoms with E-state index in [0.29, 0.717) is 35.1 Å². The van der Waals surface area contributed by atoms with Gasteiger partial charge in [0.2, 0.25) is 11.7 Å². The monoisotopic (exact) mass is 426 g/mol. The first-order valence-electron chi connectivity index (χ1n) is 8.19. The molecular formula is C17H16Cl2N4O3S. The van der Waals surface area contributed by atoms with Crippen molar-refractivity contribution in [3.05, 3.63) is 44.9 Å². The number of rotatable bonds is 6. The molecule has 2 aromatic rings. The van der Waals surface area contributed by atoms with E-state index in [4.69, 9.17) is 23.2 Å². The fraction of sp³-hybridized carbons (Fsp3) is 0.353. The molecule has 2 unspecified atom stereocenters. The van der Waals surface area contributed by atoms with E-state index in [9.17, 15) is 14.4 Å². The van der Waals surface area contributed by atoms with Crippen LogP contribution >= 0.6 is 34.7 Å². The molecule has 1 fully saturated rings. The molecular weight excluding hydrogens is 411 g/mol. The van der Waals surface area contributed by atoms with Gasteiger partial charge in [0.05, 0.1) is 21.8 Å². The van der Waals surface area contributed by atoms with Crippen LogP contribution in [0.15, 0.2) is 23.6 Å². The van der Waals surface area contributed by atoms with E-state index >= 15 is 0 Å². The number of benzene rings is 1. The number of nitrogens with zero attached hydrogens (tertiary/aromatic N) is 3. The third-order valence-electron chi connectivity index (χ3n) is 4.43. The van der Waals surface area contributed by atoms with Crippen molar-refractivity contribution in [2.24, 2.45) is 5.92 Å². The first kappa shape index (κ1) is 19.7. The van der Waals surface area contributed by atoms with Crippen LogP contribution in [0.2, 0.25) is 10.0 Å². The van der Waals surface area contributed by atoms with Crippen molar-refractivity contribution in [3.63, 3.8) is 0 Å². The van der Waals surface area contributed by atoms with E-state index < -0.39 is 29.6 Å². The van der Waals surface area contributed by atoms with E-state index in [1.807, 2.05) is 6.07 Å². The second-order valence-corrected chi connectivity index (χ2v) is 7.60. The average molecular weight is 427 g/mol. The average Bonchev–Trinajstić information content (AvgIpc) is 3.24. The number of likely N-dealkylation sites (tertiary alicyclic amines) is 1. The molecule has 10 heteroatoms. The van der Waals surface area contributed by atoms with Gasteiger partial charge in [0.15, 0.2) is 0 Å². The number of carbonyl (C=O) groups excluding carboxylic acids is 3. The predicted octanol–water partition coefficient (Wildman–Crippen LogP) is 2.29. The number of nitrogens with one attached hydrogen (secondary N) is 1. The maximum absolute atomic E-state index is 12.6. The van der Waals surface area contributed by atoms with Gasteiger partial charge in [-0.25, -0.2) is 0 Å². The second-order valence-electron chi connectivity index (χ2n) is 6.18. The summed E-state index contributed by atoms with van der Waals surface area (Å²) in [5, 5.41) is 9.27. The summed E-state index contributed by atoms with van der Waals surface area (Å²) in [6.45, 7) is 0.364. The van der Waals surface area contributed by atoms with Gasteiger partial charge < -0.3 is 10.2 Å². The molecule has 2 atom stereocenters. The summed E-state index contributed by atoms with van der Waals surface area (Å²) in [6, 6.07) is 4.66. The Kier molecular flexibility index (Phi) is 6.08. The van der Waals surface area contributed by atoms with Crippen LogP contribution in [-0.4, -0.2) is 45.7 Å². The van der Waals surface area contributed by atoms with Crippen molar-refractivity contribution in [1.29, 1.82) is 0 Å². The Balaban J connectivity index is 1.60. The Morgan fingerprint density at radius 2 is 2.07 bits per heavy atom. The summed E-state index contributed by atoms with van der Waals surface area (Å²) in [6.07, 6.45) is 1.34. The molecule has 27 heavy (non-hydrogen) atoms. The molecule has 2 heterocycles. The van der Waals surface area contributed by atoms with Crippen LogP contribution in [0.5, 0.6) is 0 Å². The fourth-order valence-corrected chi connectivity index (χ4v) is 3.85. The van der Waals surface area contributed by atoms with Crippen molar-refractivity contribution in [2.45, 2.75) is 18.9 Å². The van der Waals surface area contributed by atoms with Gasteiger partial charge in [-0.1, -0.05) is 33.8 Å². The molecule has 1 N–H and O–H groups in total. The van der Waals surface area contributed by atoms with Crippen LogP contribution in [0.4, 0.5) is 0 Å². The van der Waals surface area contributed by atoms with Crippen LogP contribution in [0.3, 0.4) is 0 Å². The highest BCUT2D eigenvalue weighted by molar-refractivity contribution is 7.03. The molecule has 0 bridgehead atoms. The maximum atomic E-state index is 12.6. The summed E-state index contributed by atoms with van der Waals surface area (Å²) >= 11 is 13.0. The summed E-state index contributed by atoms with van der Waals surface area (Å²) in [7, 11) is 1.49. The molecule has 0 saturated carbocycles. The molecule has 0 aliphatic carbocycles. The van der Waals surface area contributed by atoms with Gasteiger partial charge in [-0.15, -0.1) is 5.10 Å². The molecule has 0 radical (unpaired) electrons. The molecule has 1 aliphatic rings. The number of hydrogen-bond donors (Lipinski definition) is 1. The lowest BCUT2D eigenvalue weighted by Gasteiger charge is -2.20. The standard InChI is InChI=1S/C17H16Cl2N4O3S/c1-23-14(12-8-27-22-21-12)13(15(24)17(23)26)16(25)20-6-2-3-9-4-5-10(18)11(19)7-9/h4-5,7-8,13-14H,2-3,6H2,1H3,(H,20,25). The highest BCUT2D eigenvalue weighted by atomic mass is 35.5. The van der Waals surface area contributed by atoms with Crippen LogP contribution in [0.25, 0.3) is 0 Å². The van der Waals surface area contributed by atoms with Gasteiger partial charge in [0.25, 0.3) is 5.91 Å². The summed E-state index contributed by atoms with van der Waals surface area (Å²) in [5.41, 5.74) is 1.44. The Morgan fingerprint density at radius 1 is 1.30 bits per heavy atom. The minimum absolute atomic E-state index is 0.364. The molecule has 0 spiro atoms. The second kappa shape index (κ2) is 8.33. The molecule has 1 aromatic carbocycles. The first-order chi connectivity index (χ1) is 12.9. The summed E-state index contributed by atoms with van der Waals surface area (Å²) in [4.78, 5) is 38.1. The van der Waals surface area contributed by atoms with Crippen LogP contribution < -0.4 is 5.32 Å².